The summed E-state index contributed by atoms with van der Waals surface area (Å²) in [5.74, 6) is -2.44. The molecule has 0 spiro atoms. The molecule has 1 atom stereocenters. The van der Waals surface area contributed by atoms with Crippen molar-refractivity contribution >= 4 is 11.9 Å². The second kappa shape index (κ2) is 4.38. The standard InChI is InChI=1S/C11H16N2O3/c1-11(2,3)16-10(15)8(9(12)14)7-5-4-6-13-7/h4-6,8,13H,1-3H3,(H2,12,14). The van der Waals surface area contributed by atoms with E-state index in [0.29, 0.717) is 5.69 Å². The number of carbonyl (C=O) groups excluding carboxylic acids is 2. The maximum absolute atomic E-state index is 11.8. The zero-order chi connectivity index (χ0) is 12.3. The Morgan fingerprint density at radius 2 is 2.06 bits per heavy atom. The summed E-state index contributed by atoms with van der Waals surface area (Å²) in [6.07, 6.45) is 1.62. The first-order valence-corrected chi connectivity index (χ1v) is 4.97. The van der Waals surface area contributed by atoms with Crippen LogP contribution in [0.15, 0.2) is 18.3 Å². The number of H-pyrrole nitrogens is 1. The van der Waals surface area contributed by atoms with Crippen LogP contribution in [0.2, 0.25) is 0 Å². The van der Waals surface area contributed by atoms with Crippen LogP contribution in [0.5, 0.6) is 0 Å². The number of ether oxygens (including phenoxy) is 1. The van der Waals surface area contributed by atoms with Gasteiger partial charge in [-0.3, -0.25) is 9.59 Å². The van der Waals surface area contributed by atoms with Gasteiger partial charge in [0.05, 0.1) is 0 Å². The summed E-state index contributed by atoms with van der Waals surface area (Å²) in [6, 6.07) is 3.31. The minimum absolute atomic E-state index is 0.446. The molecule has 16 heavy (non-hydrogen) atoms. The average Bonchev–Trinajstić information content (AvgIpc) is 2.52. The van der Waals surface area contributed by atoms with Gasteiger partial charge in [0.2, 0.25) is 5.91 Å². The van der Waals surface area contributed by atoms with E-state index < -0.39 is 23.4 Å². The SMILES string of the molecule is CC(C)(C)OC(=O)C(C(N)=O)c1ccc[nH]1. The van der Waals surface area contributed by atoms with E-state index in [0.717, 1.165) is 0 Å². The van der Waals surface area contributed by atoms with Crippen molar-refractivity contribution in [2.75, 3.05) is 0 Å². The van der Waals surface area contributed by atoms with E-state index in [9.17, 15) is 9.59 Å². The molecule has 1 unspecified atom stereocenters. The number of amides is 1. The number of esters is 1. The fraction of sp³-hybridized carbons (Fsp3) is 0.455. The molecule has 0 radical (unpaired) electrons. The van der Waals surface area contributed by atoms with Crippen molar-refractivity contribution < 1.29 is 14.3 Å². The monoisotopic (exact) mass is 224 g/mol. The molecule has 88 valence electrons. The molecule has 1 amide bonds. The smallest absolute Gasteiger partial charge is 0.325 e. The lowest BCUT2D eigenvalue weighted by Crippen LogP contribution is -2.34. The highest BCUT2D eigenvalue weighted by atomic mass is 16.6. The third-order valence-electron chi connectivity index (χ3n) is 1.86. The summed E-state index contributed by atoms with van der Waals surface area (Å²) >= 11 is 0. The van der Waals surface area contributed by atoms with Crippen molar-refractivity contribution in [1.29, 1.82) is 0 Å². The summed E-state index contributed by atoms with van der Waals surface area (Å²) in [4.78, 5) is 25.8. The summed E-state index contributed by atoms with van der Waals surface area (Å²) in [5, 5.41) is 0. The number of hydrogen-bond donors (Lipinski definition) is 2. The highest BCUT2D eigenvalue weighted by Crippen LogP contribution is 2.19. The van der Waals surface area contributed by atoms with E-state index in [1.165, 1.54) is 0 Å². The Morgan fingerprint density at radius 3 is 2.44 bits per heavy atom. The quantitative estimate of drug-likeness (QED) is 0.591. The van der Waals surface area contributed by atoms with Gasteiger partial charge in [0.1, 0.15) is 5.60 Å². The topological polar surface area (TPSA) is 85.2 Å². The maximum Gasteiger partial charge on any atom is 0.325 e. The van der Waals surface area contributed by atoms with Gasteiger partial charge >= 0.3 is 5.97 Å². The molecule has 0 saturated carbocycles. The molecular weight excluding hydrogens is 208 g/mol. The number of nitrogens with one attached hydrogen (secondary N) is 1. The fourth-order valence-electron chi connectivity index (χ4n) is 1.28. The molecule has 5 nitrogen and oxygen atoms in total. The predicted molar refractivity (Wildman–Crippen MR) is 58.6 cm³/mol. The minimum Gasteiger partial charge on any atom is -0.459 e. The summed E-state index contributed by atoms with van der Waals surface area (Å²) in [5.41, 5.74) is 4.99. The number of carbonyl (C=O) groups is 2. The van der Waals surface area contributed by atoms with Crippen LogP contribution in [0.25, 0.3) is 0 Å². The van der Waals surface area contributed by atoms with Gasteiger partial charge in [-0.05, 0) is 32.9 Å². The molecule has 3 N–H and O–H groups in total. The van der Waals surface area contributed by atoms with Gasteiger partial charge in [-0.1, -0.05) is 0 Å². The van der Waals surface area contributed by atoms with Crippen LogP contribution >= 0.6 is 0 Å². The van der Waals surface area contributed by atoms with Crippen LogP contribution in [0.1, 0.15) is 32.4 Å². The average molecular weight is 224 g/mol. The predicted octanol–water partition coefficient (Wildman–Crippen LogP) is 0.925. The fourth-order valence-corrected chi connectivity index (χ4v) is 1.28. The molecule has 1 aromatic heterocycles. The van der Waals surface area contributed by atoms with Crippen molar-refractivity contribution in [3.63, 3.8) is 0 Å². The van der Waals surface area contributed by atoms with E-state index in [1.54, 1.807) is 39.1 Å². The molecule has 0 fully saturated rings. The maximum atomic E-state index is 11.8. The lowest BCUT2D eigenvalue weighted by molar-refractivity contribution is -0.158. The molecular formula is C11H16N2O3. The highest BCUT2D eigenvalue weighted by molar-refractivity contribution is 6.02. The molecule has 0 bridgehead atoms. The van der Waals surface area contributed by atoms with Crippen LogP contribution in [0, 0.1) is 0 Å². The van der Waals surface area contributed by atoms with Crippen LogP contribution in [-0.4, -0.2) is 22.5 Å². The van der Waals surface area contributed by atoms with Crippen LogP contribution in [0.4, 0.5) is 0 Å². The number of nitrogens with two attached hydrogens (primary N) is 1. The van der Waals surface area contributed by atoms with Gasteiger partial charge in [0.25, 0.3) is 0 Å². The largest absolute Gasteiger partial charge is 0.459 e. The number of primary amides is 1. The minimum atomic E-state index is -1.07. The summed E-state index contributed by atoms with van der Waals surface area (Å²) in [7, 11) is 0. The zero-order valence-corrected chi connectivity index (χ0v) is 9.61. The van der Waals surface area contributed by atoms with Crippen molar-refractivity contribution in [1.82, 2.24) is 4.98 Å². The first-order valence-electron chi connectivity index (χ1n) is 4.97. The van der Waals surface area contributed by atoms with E-state index in [2.05, 4.69) is 4.98 Å². The first-order chi connectivity index (χ1) is 7.31. The number of rotatable bonds is 3. The summed E-state index contributed by atoms with van der Waals surface area (Å²) < 4.78 is 5.13. The molecule has 1 heterocycles. The Labute approximate surface area is 94.0 Å². The van der Waals surface area contributed by atoms with Crippen molar-refractivity contribution in [3.8, 4) is 0 Å². The van der Waals surface area contributed by atoms with Crippen LogP contribution in [-0.2, 0) is 14.3 Å². The number of hydrogen-bond acceptors (Lipinski definition) is 3. The van der Waals surface area contributed by atoms with E-state index in [4.69, 9.17) is 10.5 Å². The van der Waals surface area contributed by atoms with Gasteiger partial charge in [0, 0.05) is 11.9 Å². The lowest BCUT2D eigenvalue weighted by Gasteiger charge is -2.22. The Hall–Kier alpha value is -1.78. The van der Waals surface area contributed by atoms with Gasteiger partial charge in [-0.2, -0.15) is 0 Å². The first kappa shape index (κ1) is 12.3. The van der Waals surface area contributed by atoms with E-state index in [-0.39, 0.29) is 0 Å². The molecule has 5 heteroatoms. The zero-order valence-electron chi connectivity index (χ0n) is 9.61. The molecule has 0 aromatic carbocycles. The normalized spacial score (nSPS) is 13.2. The number of aromatic amines is 1. The molecule has 0 aliphatic carbocycles. The molecule has 1 aromatic rings. The highest BCUT2D eigenvalue weighted by Gasteiger charge is 2.31. The molecule has 0 aliphatic heterocycles. The second-order valence-corrected chi connectivity index (χ2v) is 4.49. The van der Waals surface area contributed by atoms with Gasteiger partial charge in [-0.25, -0.2) is 0 Å². The van der Waals surface area contributed by atoms with Gasteiger partial charge < -0.3 is 15.5 Å². The Morgan fingerprint density at radius 1 is 1.44 bits per heavy atom. The van der Waals surface area contributed by atoms with Crippen molar-refractivity contribution in [3.05, 3.63) is 24.0 Å². The van der Waals surface area contributed by atoms with Crippen molar-refractivity contribution in [2.45, 2.75) is 32.3 Å². The molecule has 0 saturated heterocycles. The van der Waals surface area contributed by atoms with E-state index in [1.807, 2.05) is 0 Å². The van der Waals surface area contributed by atoms with Gasteiger partial charge in [0.15, 0.2) is 5.92 Å². The lowest BCUT2D eigenvalue weighted by atomic mass is 10.1. The molecule has 0 aliphatic rings. The third-order valence-corrected chi connectivity index (χ3v) is 1.86. The van der Waals surface area contributed by atoms with Crippen LogP contribution in [0.3, 0.4) is 0 Å². The van der Waals surface area contributed by atoms with Crippen LogP contribution < -0.4 is 5.73 Å². The van der Waals surface area contributed by atoms with Gasteiger partial charge in [-0.15, -0.1) is 0 Å². The third kappa shape index (κ3) is 3.12. The Bertz CT molecular complexity index is 376. The molecule has 1 rings (SSSR count). The number of aromatic nitrogens is 1. The second-order valence-electron chi connectivity index (χ2n) is 4.49. The van der Waals surface area contributed by atoms with E-state index >= 15 is 0 Å². The Kier molecular flexibility index (Phi) is 3.37. The Balaban J connectivity index is 2.88. The van der Waals surface area contributed by atoms with Crippen molar-refractivity contribution in [2.24, 2.45) is 5.73 Å². The summed E-state index contributed by atoms with van der Waals surface area (Å²) in [6.45, 7) is 5.20.